The average molecular weight is 283 g/mol. The molecule has 2 nitrogen and oxygen atoms in total. The molecule has 82 valence electrons. The number of ketones is 1. The van der Waals surface area contributed by atoms with Crippen LogP contribution in [0.1, 0.15) is 22.8 Å². The Bertz CT molecular complexity index is 413. The van der Waals surface area contributed by atoms with E-state index in [0.717, 1.165) is 19.1 Å². The van der Waals surface area contributed by atoms with Crippen LogP contribution in [-0.4, -0.2) is 10.9 Å². The van der Waals surface area contributed by atoms with E-state index >= 15 is 0 Å². The number of benzene rings is 1. The van der Waals surface area contributed by atoms with Crippen LogP contribution in [0.2, 0.25) is 0 Å². The fourth-order valence-corrected chi connectivity index (χ4v) is 1.49. The van der Waals surface area contributed by atoms with Crippen LogP contribution in [0, 0.1) is 0 Å². The molecule has 0 aliphatic carbocycles. The number of hydrogen-bond acceptors (Lipinski definition) is 2. The molecule has 6 heteroatoms. The highest BCUT2D eigenvalue weighted by atomic mass is 79.9. The summed E-state index contributed by atoms with van der Waals surface area (Å²) in [5.74, 6) is -1.52. The van der Waals surface area contributed by atoms with Crippen molar-refractivity contribution >= 4 is 21.7 Å². The Hall–Kier alpha value is -1.04. The molecule has 0 bridgehead atoms. The smallest absolute Gasteiger partial charge is 0.417 e. The lowest BCUT2D eigenvalue weighted by molar-refractivity contribution is -0.138. The molecule has 0 saturated carbocycles. The summed E-state index contributed by atoms with van der Waals surface area (Å²) in [6.07, 6.45) is -4.65. The highest BCUT2D eigenvalue weighted by Crippen LogP contribution is 2.39. The molecule has 0 aliphatic heterocycles. The molecule has 0 unspecified atom stereocenters. The average Bonchev–Trinajstić information content (AvgIpc) is 2.06. The van der Waals surface area contributed by atoms with Crippen molar-refractivity contribution in [3.63, 3.8) is 0 Å². The van der Waals surface area contributed by atoms with Crippen LogP contribution in [0.15, 0.2) is 16.6 Å². The first kappa shape index (κ1) is 12.0. The van der Waals surface area contributed by atoms with E-state index in [1.165, 1.54) is 0 Å². The summed E-state index contributed by atoms with van der Waals surface area (Å²) in [4.78, 5) is 11.0. The zero-order valence-electron chi connectivity index (χ0n) is 7.52. The van der Waals surface area contributed by atoms with Crippen molar-refractivity contribution in [2.75, 3.05) is 0 Å². The van der Waals surface area contributed by atoms with Gasteiger partial charge in [-0.2, -0.15) is 13.2 Å². The van der Waals surface area contributed by atoms with Crippen molar-refractivity contribution in [1.82, 2.24) is 0 Å². The summed E-state index contributed by atoms with van der Waals surface area (Å²) in [6, 6.07) is 1.80. The standard InChI is InChI=1S/C9H6BrF3O2/c1-4(14)7-5(9(11,12)13)2-3-6(10)8(7)15/h2-3,15H,1H3. The summed E-state index contributed by atoms with van der Waals surface area (Å²) in [5, 5.41) is 9.34. The first-order valence-electron chi connectivity index (χ1n) is 3.84. The van der Waals surface area contributed by atoms with Gasteiger partial charge in [-0.05, 0) is 35.0 Å². The first-order chi connectivity index (χ1) is 6.75. The first-order valence-corrected chi connectivity index (χ1v) is 4.64. The summed E-state index contributed by atoms with van der Waals surface area (Å²) >= 11 is 2.85. The van der Waals surface area contributed by atoms with Gasteiger partial charge in [0.15, 0.2) is 5.78 Å². The van der Waals surface area contributed by atoms with Crippen molar-refractivity contribution in [3.8, 4) is 5.75 Å². The fraction of sp³-hybridized carbons (Fsp3) is 0.222. The zero-order chi connectivity index (χ0) is 11.8. The lowest BCUT2D eigenvalue weighted by atomic mass is 10.0. The van der Waals surface area contributed by atoms with E-state index in [2.05, 4.69) is 15.9 Å². The SMILES string of the molecule is CC(=O)c1c(C(F)(F)F)ccc(Br)c1O. The second-order valence-corrected chi connectivity index (χ2v) is 3.73. The molecule has 0 amide bonds. The predicted octanol–water partition coefficient (Wildman–Crippen LogP) is 3.38. The second kappa shape index (κ2) is 3.84. The molecule has 0 fully saturated rings. The molecule has 0 aliphatic rings. The molecule has 0 radical (unpaired) electrons. The highest BCUT2D eigenvalue weighted by molar-refractivity contribution is 9.10. The topological polar surface area (TPSA) is 37.3 Å². The minimum atomic E-state index is -4.65. The summed E-state index contributed by atoms with van der Waals surface area (Å²) in [7, 11) is 0. The quantitative estimate of drug-likeness (QED) is 0.802. The minimum Gasteiger partial charge on any atom is -0.506 e. The number of halogens is 4. The highest BCUT2D eigenvalue weighted by Gasteiger charge is 2.36. The number of aromatic hydroxyl groups is 1. The number of hydrogen-bond donors (Lipinski definition) is 1. The number of phenolic OH excluding ortho intramolecular Hbond substituents is 1. The van der Waals surface area contributed by atoms with Gasteiger partial charge in [0.05, 0.1) is 15.6 Å². The summed E-state index contributed by atoms with van der Waals surface area (Å²) < 4.78 is 37.4. The molecule has 0 saturated heterocycles. The largest absolute Gasteiger partial charge is 0.506 e. The Morgan fingerprint density at radius 1 is 1.40 bits per heavy atom. The fourth-order valence-electron chi connectivity index (χ4n) is 1.16. The van der Waals surface area contributed by atoms with E-state index in [1.54, 1.807) is 0 Å². The van der Waals surface area contributed by atoms with Gasteiger partial charge in [-0.3, -0.25) is 4.79 Å². The zero-order valence-corrected chi connectivity index (χ0v) is 9.11. The lowest BCUT2D eigenvalue weighted by Crippen LogP contribution is -2.11. The Morgan fingerprint density at radius 3 is 2.33 bits per heavy atom. The molecule has 0 heterocycles. The van der Waals surface area contributed by atoms with Gasteiger partial charge in [0, 0.05) is 0 Å². The van der Waals surface area contributed by atoms with Gasteiger partial charge in [-0.1, -0.05) is 0 Å². The number of alkyl halides is 3. The maximum atomic E-state index is 12.4. The molecule has 0 aromatic heterocycles. The molecule has 1 aromatic rings. The Labute approximate surface area is 91.8 Å². The number of phenols is 1. The third-order valence-electron chi connectivity index (χ3n) is 1.79. The summed E-state index contributed by atoms with van der Waals surface area (Å²) in [6.45, 7) is 0.969. The molecule has 1 N–H and O–H groups in total. The molecular formula is C9H6BrF3O2. The Morgan fingerprint density at radius 2 is 1.93 bits per heavy atom. The van der Waals surface area contributed by atoms with Gasteiger partial charge in [0.1, 0.15) is 5.75 Å². The van der Waals surface area contributed by atoms with Gasteiger partial charge in [0.2, 0.25) is 0 Å². The Balaban J connectivity index is 3.55. The van der Waals surface area contributed by atoms with Crippen molar-refractivity contribution in [2.24, 2.45) is 0 Å². The van der Waals surface area contributed by atoms with Crippen LogP contribution < -0.4 is 0 Å². The normalized spacial score (nSPS) is 11.5. The van der Waals surface area contributed by atoms with E-state index in [9.17, 15) is 23.1 Å². The monoisotopic (exact) mass is 282 g/mol. The van der Waals surface area contributed by atoms with Crippen molar-refractivity contribution < 1.29 is 23.1 Å². The number of Topliss-reactive ketones (excluding diaryl/α,β-unsaturated/α-hetero) is 1. The Kier molecular flexibility index (Phi) is 3.08. The third-order valence-corrected chi connectivity index (χ3v) is 2.43. The molecule has 1 aromatic carbocycles. The van der Waals surface area contributed by atoms with Gasteiger partial charge < -0.3 is 5.11 Å². The molecule has 1 rings (SSSR count). The van der Waals surface area contributed by atoms with E-state index in [4.69, 9.17) is 0 Å². The van der Waals surface area contributed by atoms with Gasteiger partial charge in [-0.15, -0.1) is 0 Å². The van der Waals surface area contributed by atoms with Crippen molar-refractivity contribution in [2.45, 2.75) is 13.1 Å². The van der Waals surface area contributed by atoms with Gasteiger partial charge >= 0.3 is 6.18 Å². The maximum absolute atomic E-state index is 12.4. The number of carbonyl (C=O) groups excluding carboxylic acids is 1. The van der Waals surface area contributed by atoms with Crippen LogP contribution in [0.4, 0.5) is 13.2 Å². The van der Waals surface area contributed by atoms with Crippen LogP contribution in [0.25, 0.3) is 0 Å². The van der Waals surface area contributed by atoms with E-state index in [0.29, 0.717) is 0 Å². The number of carbonyl (C=O) groups is 1. The third kappa shape index (κ3) is 2.31. The van der Waals surface area contributed by atoms with E-state index in [-0.39, 0.29) is 4.47 Å². The van der Waals surface area contributed by atoms with E-state index in [1.807, 2.05) is 0 Å². The molecular weight excluding hydrogens is 277 g/mol. The minimum absolute atomic E-state index is 0.0562. The number of rotatable bonds is 1. The summed E-state index contributed by atoms with van der Waals surface area (Å²) in [5.41, 5.74) is -1.84. The van der Waals surface area contributed by atoms with Crippen LogP contribution >= 0.6 is 15.9 Å². The van der Waals surface area contributed by atoms with Crippen LogP contribution in [0.3, 0.4) is 0 Å². The van der Waals surface area contributed by atoms with Gasteiger partial charge in [0.25, 0.3) is 0 Å². The van der Waals surface area contributed by atoms with Crippen molar-refractivity contribution in [1.29, 1.82) is 0 Å². The van der Waals surface area contributed by atoms with E-state index < -0.39 is 28.8 Å². The maximum Gasteiger partial charge on any atom is 0.417 e. The second-order valence-electron chi connectivity index (χ2n) is 2.87. The molecule has 0 atom stereocenters. The van der Waals surface area contributed by atoms with Crippen LogP contribution in [0.5, 0.6) is 5.75 Å². The van der Waals surface area contributed by atoms with Crippen molar-refractivity contribution in [3.05, 3.63) is 27.7 Å². The molecule has 0 spiro atoms. The van der Waals surface area contributed by atoms with Crippen LogP contribution in [-0.2, 0) is 6.18 Å². The lowest BCUT2D eigenvalue weighted by Gasteiger charge is -2.12. The molecule has 15 heavy (non-hydrogen) atoms. The van der Waals surface area contributed by atoms with Gasteiger partial charge in [-0.25, -0.2) is 0 Å². The predicted molar refractivity (Wildman–Crippen MR) is 50.8 cm³/mol.